The number of rotatable bonds is 5. The van der Waals surface area contributed by atoms with Crippen molar-refractivity contribution in [1.82, 2.24) is 0 Å². The molecule has 0 amide bonds. The lowest BCUT2D eigenvalue weighted by Gasteiger charge is -2.30. The zero-order chi connectivity index (χ0) is 13.0. The maximum atomic E-state index is 6.18. The molecular weight excluding hydrogens is 242 g/mol. The van der Waals surface area contributed by atoms with Crippen LogP contribution in [0.2, 0.25) is 0 Å². The van der Waals surface area contributed by atoms with Crippen LogP contribution in [-0.2, 0) is 17.9 Å². The number of nitrogens with two attached hydrogens (primary N) is 1. The molecule has 1 heterocycles. The summed E-state index contributed by atoms with van der Waals surface area (Å²) in [7, 11) is 0. The van der Waals surface area contributed by atoms with Crippen LogP contribution in [0.15, 0.2) is 6.07 Å². The number of aryl methyl sites for hydroxylation is 1. The van der Waals surface area contributed by atoms with E-state index in [-0.39, 0.29) is 0 Å². The second-order valence-corrected chi connectivity index (χ2v) is 6.64. The monoisotopic (exact) mass is 267 g/mol. The molecule has 0 bridgehead atoms. The van der Waals surface area contributed by atoms with Gasteiger partial charge in [-0.25, -0.2) is 0 Å². The molecule has 3 heteroatoms. The Balaban J connectivity index is 1.91. The van der Waals surface area contributed by atoms with E-state index in [1.165, 1.54) is 47.4 Å². The highest BCUT2D eigenvalue weighted by molar-refractivity contribution is 7.12. The van der Waals surface area contributed by atoms with Crippen LogP contribution in [0.3, 0.4) is 0 Å². The quantitative estimate of drug-likeness (QED) is 0.875. The molecule has 0 aromatic carbocycles. The molecule has 2 unspecified atom stereocenters. The Hall–Kier alpha value is -0.380. The molecule has 2 atom stereocenters. The first-order chi connectivity index (χ1) is 8.74. The van der Waals surface area contributed by atoms with Gasteiger partial charge in [0.25, 0.3) is 0 Å². The minimum absolute atomic E-state index is 0.476. The first kappa shape index (κ1) is 14.0. The van der Waals surface area contributed by atoms with Gasteiger partial charge in [-0.1, -0.05) is 26.2 Å². The fourth-order valence-corrected chi connectivity index (χ4v) is 3.82. The maximum Gasteiger partial charge on any atom is 0.0731 e. The summed E-state index contributed by atoms with van der Waals surface area (Å²) in [6, 6.07) is 2.21. The highest BCUT2D eigenvalue weighted by atomic mass is 32.1. The molecule has 18 heavy (non-hydrogen) atoms. The predicted octanol–water partition coefficient (Wildman–Crippen LogP) is 4.00. The summed E-state index contributed by atoms with van der Waals surface area (Å²) in [6.07, 6.45) is 7.03. The van der Waals surface area contributed by atoms with Crippen LogP contribution < -0.4 is 5.73 Å². The zero-order valence-electron chi connectivity index (χ0n) is 11.6. The van der Waals surface area contributed by atoms with E-state index < -0.39 is 0 Å². The van der Waals surface area contributed by atoms with Gasteiger partial charge in [-0.3, -0.25) is 0 Å². The van der Waals surface area contributed by atoms with Crippen LogP contribution >= 0.6 is 11.3 Å². The minimum atomic E-state index is 0.476. The van der Waals surface area contributed by atoms with Crippen molar-refractivity contribution >= 4 is 11.3 Å². The Bertz CT molecular complexity index is 375. The average molecular weight is 267 g/mol. The molecule has 1 saturated carbocycles. The standard InChI is InChI=1S/C15H25NOS/c1-3-12-6-4-5-7-15(12)17-10-13-8-14(9-16)18-11(13)2/h8,12,15H,3-7,9-10,16H2,1-2H3. The number of ether oxygens (including phenoxy) is 1. The Morgan fingerprint density at radius 2 is 2.17 bits per heavy atom. The largest absolute Gasteiger partial charge is 0.373 e. The third-order valence-corrected chi connectivity index (χ3v) is 5.20. The molecule has 0 saturated heterocycles. The summed E-state index contributed by atoms with van der Waals surface area (Å²) in [5.74, 6) is 0.770. The smallest absolute Gasteiger partial charge is 0.0731 e. The van der Waals surface area contributed by atoms with Gasteiger partial charge in [0.15, 0.2) is 0 Å². The van der Waals surface area contributed by atoms with Crippen LogP contribution in [0, 0.1) is 12.8 Å². The summed E-state index contributed by atoms with van der Waals surface area (Å²) in [5, 5.41) is 0. The average Bonchev–Trinajstić information content (AvgIpc) is 2.77. The van der Waals surface area contributed by atoms with Crippen molar-refractivity contribution in [2.45, 2.75) is 65.2 Å². The van der Waals surface area contributed by atoms with Gasteiger partial charge in [0.2, 0.25) is 0 Å². The van der Waals surface area contributed by atoms with Gasteiger partial charge < -0.3 is 10.5 Å². The normalized spacial score (nSPS) is 24.4. The number of hydrogen-bond donors (Lipinski definition) is 1. The molecule has 2 nitrogen and oxygen atoms in total. The SMILES string of the molecule is CCC1CCCCC1OCc1cc(CN)sc1C. The minimum Gasteiger partial charge on any atom is -0.373 e. The van der Waals surface area contributed by atoms with Gasteiger partial charge in [-0.05, 0) is 37.3 Å². The molecule has 1 aliphatic rings. The first-order valence-corrected chi connectivity index (χ1v) is 7.96. The molecule has 102 valence electrons. The number of thiophene rings is 1. The third kappa shape index (κ3) is 3.34. The molecule has 1 fully saturated rings. The van der Waals surface area contributed by atoms with Crippen molar-refractivity contribution in [3.63, 3.8) is 0 Å². The second kappa shape index (κ2) is 6.69. The highest BCUT2D eigenvalue weighted by Gasteiger charge is 2.24. The van der Waals surface area contributed by atoms with Crippen LogP contribution in [0.1, 0.15) is 54.3 Å². The lowest BCUT2D eigenvalue weighted by Crippen LogP contribution is -2.27. The topological polar surface area (TPSA) is 35.2 Å². The maximum absolute atomic E-state index is 6.18. The van der Waals surface area contributed by atoms with E-state index in [2.05, 4.69) is 19.9 Å². The Morgan fingerprint density at radius 1 is 1.39 bits per heavy atom. The summed E-state index contributed by atoms with van der Waals surface area (Å²) in [5.41, 5.74) is 7.02. The van der Waals surface area contributed by atoms with Crippen molar-refractivity contribution in [3.05, 3.63) is 21.4 Å². The summed E-state index contributed by atoms with van der Waals surface area (Å²) >= 11 is 1.80. The van der Waals surface area contributed by atoms with Crippen molar-refractivity contribution in [3.8, 4) is 0 Å². The molecule has 1 aliphatic carbocycles. The Morgan fingerprint density at radius 3 is 2.83 bits per heavy atom. The van der Waals surface area contributed by atoms with Gasteiger partial charge in [0.1, 0.15) is 0 Å². The summed E-state index contributed by atoms with van der Waals surface area (Å²) in [4.78, 5) is 2.63. The summed E-state index contributed by atoms with van der Waals surface area (Å²) in [6.45, 7) is 5.87. The molecule has 1 aromatic rings. The number of hydrogen-bond acceptors (Lipinski definition) is 3. The van der Waals surface area contributed by atoms with Gasteiger partial charge >= 0.3 is 0 Å². The fourth-order valence-electron chi connectivity index (χ4n) is 2.89. The molecule has 0 aliphatic heterocycles. The van der Waals surface area contributed by atoms with Gasteiger partial charge in [-0.15, -0.1) is 11.3 Å². The lowest BCUT2D eigenvalue weighted by molar-refractivity contribution is -0.0222. The van der Waals surface area contributed by atoms with E-state index in [1.807, 2.05) is 0 Å². The molecular formula is C15H25NOS. The third-order valence-electron chi connectivity index (χ3n) is 4.09. The summed E-state index contributed by atoms with van der Waals surface area (Å²) < 4.78 is 6.18. The van der Waals surface area contributed by atoms with E-state index >= 15 is 0 Å². The van der Waals surface area contributed by atoms with Gasteiger partial charge in [0, 0.05) is 16.3 Å². The van der Waals surface area contributed by atoms with E-state index in [1.54, 1.807) is 11.3 Å². The fraction of sp³-hybridized carbons (Fsp3) is 0.733. The zero-order valence-corrected chi connectivity index (χ0v) is 12.4. The highest BCUT2D eigenvalue weighted by Crippen LogP contribution is 2.30. The van der Waals surface area contributed by atoms with Crippen molar-refractivity contribution in [1.29, 1.82) is 0 Å². The Labute approximate surface area is 115 Å². The van der Waals surface area contributed by atoms with Crippen LogP contribution in [-0.4, -0.2) is 6.10 Å². The second-order valence-electron chi connectivity index (χ2n) is 5.30. The van der Waals surface area contributed by atoms with E-state index in [9.17, 15) is 0 Å². The van der Waals surface area contributed by atoms with Crippen LogP contribution in [0.4, 0.5) is 0 Å². The molecule has 0 radical (unpaired) electrons. The Kier molecular flexibility index (Phi) is 5.22. The molecule has 2 N–H and O–H groups in total. The van der Waals surface area contributed by atoms with Crippen molar-refractivity contribution < 1.29 is 4.74 Å². The predicted molar refractivity (Wildman–Crippen MR) is 77.8 cm³/mol. The van der Waals surface area contributed by atoms with E-state index in [0.717, 1.165) is 12.5 Å². The first-order valence-electron chi connectivity index (χ1n) is 7.14. The molecule has 2 rings (SSSR count). The lowest BCUT2D eigenvalue weighted by atomic mass is 9.85. The van der Waals surface area contributed by atoms with Gasteiger partial charge in [0.05, 0.1) is 12.7 Å². The van der Waals surface area contributed by atoms with E-state index in [0.29, 0.717) is 12.6 Å². The van der Waals surface area contributed by atoms with Gasteiger partial charge in [-0.2, -0.15) is 0 Å². The van der Waals surface area contributed by atoms with Crippen LogP contribution in [0.25, 0.3) is 0 Å². The molecule has 1 aromatic heterocycles. The van der Waals surface area contributed by atoms with Crippen molar-refractivity contribution in [2.75, 3.05) is 0 Å². The van der Waals surface area contributed by atoms with E-state index in [4.69, 9.17) is 10.5 Å². The van der Waals surface area contributed by atoms with Crippen molar-refractivity contribution in [2.24, 2.45) is 11.7 Å². The molecule has 0 spiro atoms. The van der Waals surface area contributed by atoms with Crippen LogP contribution in [0.5, 0.6) is 0 Å².